The minimum atomic E-state index is 0.0714. The number of ketones is 2. The number of Topliss-reactive ketones (excluding diaryl/α,β-unsaturated/α-hetero) is 2. The number of allylic oxidation sites excluding steroid dienone is 2. The van der Waals surface area contributed by atoms with Crippen LogP contribution in [0, 0.1) is 17.8 Å². The molecule has 5 rings (SSSR count). The Labute approximate surface area is 231 Å². The molecule has 0 bridgehead atoms. The van der Waals surface area contributed by atoms with Gasteiger partial charge in [0, 0.05) is 43.6 Å². The molecule has 5 heteroatoms. The lowest BCUT2D eigenvalue weighted by molar-refractivity contribution is -0.118. The van der Waals surface area contributed by atoms with Gasteiger partial charge in [-0.2, -0.15) is 0 Å². The second-order valence-electron chi connectivity index (χ2n) is 11.3. The van der Waals surface area contributed by atoms with Gasteiger partial charge >= 0.3 is 0 Å². The van der Waals surface area contributed by atoms with Crippen LogP contribution in [-0.2, 0) is 27.2 Å². The lowest BCUT2D eigenvalue weighted by Crippen LogP contribution is -2.26. The number of anilines is 1. The molecular formula is C34H38N2O3. The lowest BCUT2D eigenvalue weighted by Gasteiger charge is -2.23. The van der Waals surface area contributed by atoms with E-state index in [-0.39, 0.29) is 23.4 Å². The van der Waals surface area contributed by atoms with Gasteiger partial charge in [-0.05, 0) is 78.8 Å². The van der Waals surface area contributed by atoms with E-state index in [1.165, 1.54) is 0 Å². The molecule has 2 aromatic rings. The molecule has 3 aliphatic rings. The third-order valence-electron chi connectivity index (χ3n) is 8.67. The largest absolute Gasteiger partial charge is 0.312 e. The third-order valence-corrected chi connectivity index (χ3v) is 8.67. The van der Waals surface area contributed by atoms with Gasteiger partial charge in [-0.25, -0.2) is 0 Å². The molecular weight excluding hydrogens is 484 g/mol. The molecule has 1 amide bonds. The van der Waals surface area contributed by atoms with Gasteiger partial charge in [0.05, 0.1) is 5.71 Å². The van der Waals surface area contributed by atoms with E-state index in [1.54, 1.807) is 13.1 Å². The van der Waals surface area contributed by atoms with Crippen LogP contribution < -0.4 is 4.90 Å². The molecule has 0 aromatic heterocycles. The summed E-state index contributed by atoms with van der Waals surface area (Å²) < 4.78 is 0. The predicted molar refractivity (Wildman–Crippen MR) is 157 cm³/mol. The smallest absolute Gasteiger partial charge is 0.227 e. The topological polar surface area (TPSA) is 66.8 Å². The molecule has 39 heavy (non-hydrogen) atoms. The minimum absolute atomic E-state index is 0.0714. The first-order valence-electron chi connectivity index (χ1n) is 14.3. The SMILES string of the molecule is C=CCc1c(CC(C)=O)cccc1-c1cccc(N2CC(C3CCCC(C(=O)C4=NC=CC4)CC3)CC2=O)c1. The van der Waals surface area contributed by atoms with Crippen molar-refractivity contribution in [2.45, 2.75) is 64.7 Å². The van der Waals surface area contributed by atoms with Crippen LogP contribution in [0.1, 0.15) is 63.0 Å². The quantitative estimate of drug-likeness (QED) is 0.272. The van der Waals surface area contributed by atoms with Crippen LogP contribution in [0.25, 0.3) is 11.1 Å². The fourth-order valence-corrected chi connectivity index (χ4v) is 6.69. The van der Waals surface area contributed by atoms with Gasteiger partial charge < -0.3 is 4.90 Å². The Balaban J connectivity index is 1.30. The van der Waals surface area contributed by atoms with Crippen LogP contribution in [0.3, 0.4) is 0 Å². The Kier molecular flexibility index (Phi) is 8.35. The Bertz CT molecular complexity index is 1340. The number of hydrogen-bond donors (Lipinski definition) is 0. The number of carbonyl (C=O) groups excluding carboxylic acids is 3. The van der Waals surface area contributed by atoms with Crippen molar-refractivity contribution in [3.63, 3.8) is 0 Å². The molecule has 2 aromatic carbocycles. The summed E-state index contributed by atoms with van der Waals surface area (Å²) >= 11 is 0. The molecule has 2 heterocycles. The molecule has 0 N–H and O–H groups in total. The number of amides is 1. The van der Waals surface area contributed by atoms with Gasteiger partial charge in [-0.3, -0.25) is 19.4 Å². The number of rotatable bonds is 9. The van der Waals surface area contributed by atoms with E-state index in [4.69, 9.17) is 0 Å². The highest BCUT2D eigenvalue weighted by atomic mass is 16.2. The van der Waals surface area contributed by atoms with Crippen LogP contribution >= 0.6 is 0 Å². The zero-order valence-corrected chi connectivity index (χ0v) is 22.9. The first kappa shape index (κ1) is 27.0. The van der Waals surface area contributed by atoms with Crippen molar-refractivity contribution in [1.82, 2.24) is 0 Å². The van der Waals surface area contributed by atoms with E-state index in [0.717, 1.165) is 66.6 Å². The third kappa shape index (κ3) is 6.03. The Hall–Kier alpha value is -3.60. The Morgan fingerprint density at radius 1 is 1.08 bits per heavy atom. The summed E-state index contributed by atoms with van der Waals surface area (Å²) in [7, 11) is 0. The highest BCUT2D eigenvalue weighted by Gasteiger charge is 2.37. The van der Waals surface area contributed by atoms with E-state index in [9.17, 15) is 14.4 Å². The number of benzene rings is 2. The molecule has 0 spiro atoms. The molecule has 1 saturated carbocycles. The van der Waals surface area contributed by atoms with E-state index in [2.05, 4.69) is 29.8 Å². The van der Waals surface area contributed by atoms with E-state index in [1.807, 2.05) is 41.3 Å². The lowest BCUT2D eigenvalue weighted by atomic mass is 9.84. The monoisotopic (exact) mass is 522 g/mol. The zero-order chi connectivity index (χ0) is 27.4. The second-order valence-corrected chi connectivity index (χ2v) is 11.3. The zero-order valence-electron chi connectivity index (χ0n) is 22.9. The van der Waals surface area contributed by atoms with Crippen molar-refractivity contribution in [1.29, 1.82) is 0 Å². The molecule has 3 atom stereocenters. The van der Waals surface area contributed by atoms with Crippen LogP contribution in [0.4, 0.5) is 5.69 Å². The van der Waals surface area contributed by atoms with Crippen LogP contribution in [0.15, 0.2) is 72.4 Å². The fraction of sp³-hybridized carbons (Fsp3) is 0.412. The summed E-state index contributed by atoms with van der Waals surface area (Å²) in [4.78, 5) is 44.3. The number of hydrogen-bond acceptors (Lipinski definition) is 4. The average Bonchev–Trinajstić information content (AvgIpc) is 3.53. The first-order chi connectivity index (χ1) is 18.9. The normalized spacial score (nSPS) is 23.0. The summed E-state index contributed by atoms with van der Waals surface area (Å²) in [6.07, 6.45) is 12.8. The molecule has 1 aliphatic carbocycles. The number of carbonyl (C=O) groups is 3. The maximum atomic E-state index is 13.3. The standard InChI is InChI=1S/C34H38N2O3/c1-3-8-30-26(19-23(2)37)12-6-14-31(30)27-11-5-13-29(20-27)36-22-28(21-33(36)38)24-9-4-10-25(17-16-24)34(39)32-15-7-18-35-32/h3,5-7,11-14,18,20,24-25,28H,1,4,8-10,15-17,19,21-22H2,2H3. The van der Waals surface area contributed by atoms with Crippen molar-refractivity contribution in [3.8, 4) is 11.1 Å². The highest BCUT2D eigenvalue weighted by molar-refractivity contribution is 6.41. The summed E-state index contributed by atoms with van der Waals surface area (Å²) in [5.41, 5.74) is 5.92. The molecule has 2 fully saturated rings. The van der Waals surface area contributed by atoms with Gasteiger partial charge in [0.25, 0.3) is 0 Å². The van der Waals surface area contributed by atoms with Gasteiger partial charge in [0.15, 0.2) is 5.78 Å². The number of aliphatic imine (C=N–C) groups is 1. The second kappa shape index (κ2) is 12.1. The fourth-order valence-electron chi connectivity index (χ4n) is 6.69. The van der Waals surface area contributed by atoms with E-state index >= 15 is 0 Å². The molecule has 202 valence electrons. The maximum absolute atomic E-state index is 13.3. The van der Waals surface area contributed by atoms with Gasteiger partial charge in [-0.15, -0.1) is 6.58 Å². The van der Waals surface area contributed by atoms with Crippen molar-refractivity contribution < 1.29 is 14.4 Å². The predicted octanol–water partition coefficient (Wildman–Crippen LogP) is 6.69. The van der Waals surface area contributed by atoms with Crippen LogP contribution in [-0.4, -0.2) is 29.7 Å². The molecule has 0 radical (unpaired) electrons. The number of nitrogens with zero attached hydrogens (tertiary/aromatic N) is 2. The van der Waals surface area contributed by atoms with Gasteiger partial charge in [-0.1, -0.05) is 55.3 Å². The minimum Gasteiger partial charge on any atom is -0.312 e. The molecule has 2 aliphatic heterocycles. The van der Waals surface area contributed by atoms with Crippen LogP contribution in [0.2, 0.25) is 0 Å². The molecule has 1 saturated heterocycles. The van der Waals surface area contributed by atoms with Gasteiger partial charge in [0.1, 0.15) is 5.78 Å². The van der Waals surface area contributed by atoms with E-state index < -0.39 is 0 Å². The average molecular weight is 523 g/mol. The molecule has 5 nitrogen and oxygen atoms in total. The Morgan fingerprint density at radius 3 is 2.69 bits per heavy atom. The summed E-state index contributed by atoms with van der Waals surface area (Å²) in [6, 6.07) is 14.3. The van der Waals surface area contributed by atoms with Crippen molar-refractivity contribution in [3.05, 3.63) is 78.5 Å². The van der Waals surface area contributed by atoms with E-state index in [0.29, 0.717) is 43.2 Å². The van der Waals surface area contributed by atoms with Crippen LogP contribution in [0.5, 0.6) is 0 Å². The van der Waals surface area contributed by atoms with Gasteiger partial charge in [0.2, 0.25) is 5.91 Å². The first-order valence-corrected chi connectivity index (χ1v) is 14.3. The highest BCUT2D eigenvalue weighted by Crippen LogP contribution is 2.39. The summed E-state index contributed by atoms with van der Waals surface area (Å²) in [5.74, 6) is 1.39. The van der Waals surface area contributed by atoms with Crippen molar-refractivity contribution in [2.24, 2.45) is 22.7 Å². The molecule has 3 unspecified atom stereocenters. The maximum Gasteiger partial charge on any atom is 0.227 e. The summed E-state index contributed by atoms with van der Waals surface area (Å²) in [6.45, 7) is 6.28. The van der Waals surface area contributed by atoms with Crippen molar-refractivity contribution >= 4 is 28.9 Å². The summed E-state index contributed by atoms with van der Waals surface area (Å²) in [5, 5.41) is 0. The Morgan fingerprint density at radius 2 is 1.92 bits per heavy atom. The van der Waals surface area contributed by atoms with Crippen molar-refractivity contribution in [2.75, 3.05) is 11.4 Å².